The molecule has 0 aromatic heterocycles. The van der Waals surface area contributed by atoms with Crippen LogP contribution in [0.3, 0.4) is 0 Å². The Hall–Kier alpha value is 0.495. The van der Waals surface area contributed by atoms with Crippen molar-refractivity contribution < 1.29 is 30.8 Å². The van der Waals surface area contributed by atoms with Crippen LogP contribution in [-0.2, 0) is 8.88 Å². The molecule has 0 unspecified atom stereocenters. The van der Waals surface area contributed by atoms with Crippen molar-refractivity contribution in [3.05, 3.63) is 0 Å². The number of halogens is 5. The summed E-state index contributed by atoms with van der Waals surface area (Å²) in [5, 5.41) is 0. The summed E-state index contributed by atoms with van der Waals surface area (Å²) in [5.41, 5.74) is 0. The van der Waals surface area contributed by atoms with Gasteiger partial charge in [-0.3, -0.25) is 0 Å². The molecule has 0 amide bonds. The molecule has 2 nitrogen and oxygen atoms in total. The third-order valence-electron chi connectivity index (χ3n) is 8.38. The van der Waals surface area contributed by atoms with Crippen molar-refractivity contribution in [3.8, 4) is 0 Å². The molecule has 0 radical (unpaired) electrons. The Balaban J connectivity index is 7.09. The van der Waals surface area contributed by atoms with Gasteiger partial charge in [0.15, 0.2) is 0 Å². The third-order valence-corrected chi connectivity index (χ3v) is 19.6. The first-order valence-electron chi connectivity index (χ1n) is 15.4. The van der Waals surface area contributed by atoms with Crippen LogP contribution in [0, 0.1) is 0 Å². The molecule has 0 saturated carbocycles. The molecule has 0 aromatic rings. The molecule has 0 rings (SSSR count). The van der Waals surface area contributed by atoms with Gasteiger partial charge in [0.2, 0.25) is 0 Å². The SMILES string of the molecule is CCCCP(C)(CCCC)(CCCC)OB(OP(C)(CCCC)(CCCC)CCCC)C(F)(F)C(F)(F)F. The standard InChI is InChI=1S/C28H60BF5O2P2/c1-9-15-21-37(7,22-16-10-2,23-17-11-3)35-29(27(30,31)28(32,33)34)36-38(8,24-18-12-4,25-19-13-5)26-20-14-6/h9-26H2,1-8H3. The van der Waals surface area contributed by atoms with Crippen molar-refractivity contribution in [2.45, 2.75) is 131 Å². The summed E-state index contributed by atoms with van der Waals surface area (Å²) in [7, 11) is -2.59. The summed E-state index contributed by atoms with van der Waals surface area (Å²) in [6, 6.07) is 0. The number of rotatable bonds is 23. The Morgan fingerprint density at radius 2 is 0.684 bits per heavy atom. The van der Waals surface area contributed by atoms with Gasteiger partial charge in [0.1, 0.15) is 0 Å². The zero-order valence-electron chi connectivity index (χ0n) is 25.9. The summed E-state index contributed by atoms with van der Waals surface area (Å²) in [6.45, 7) is 9.17. The summed E-state index contributed by atoms with van der Waals surface area (Å²) in [5.74, 6) is -5.08. The van der Waals surface area contributed by atoms with Crippen molar-refractivity contribution in [2.24, 2.45) is 0 Å². The molecule has 0 aliphatic heterocycles. The van der Waals surface area contributed by atoms with E-state index in [1.165, 1.54) is 0 Å². The van der Waals surface area contributed by atoms with Gasteiger partial charge in [0, 0.05) is 0 Å². The van der Waals surface area contributed by atoms with E-state index in [1.807, 2.05) is 54.9 Å². The van der Waals surface area contributed by atoms with Crippen LogP contribution in [0.2, 0.25) is 0 Å². The number of unbranched alkanes of at least 4 members (excludes halogenated alkanes) is 6. The van der Waals surface area contributed by atoms with E-state index in [0.29, 0.717) is 37.0 Å². The van der Waals surface area contributed by atoms with Crippen molar-refractivity contribution in [1.29, 1.82) is 0 Å². The summed E-state index contributed by atoms with van der Waals surface area (Å²) in [4.78, 5) is 0. The molecule has 0 atom stereocenters. The van der Waals surface area contributed by atoms with Gasteiger partial charge in [-0.05, 0) is 0 Å². The first kappa shape index (κ1) is 38.5. The quantitative estimate of drug-likeness (QED) is 0.0664. The van der Waals surface area contributed by atoms with E-state index in [9.17, 15) is 13.2 Å². The van der Waals surface area contributed by atoms with E-state index < -0.39 is 32.8 Å². The van der Waals surface area contributed by atoms with Crippen LogP contribution < -0.4 is 0 Å². The van der Waals surface area contributed by atoms with Crippen molar-refractivity contribution in [3.63, 3.8) is 0 Å². The fourth-order valence-electron chi connectivity index (χ4n) is 5.50. The molecule has 232 valence electrons. The molecular weight excluding hydrogens is 536 g/mol. The molecular formula is C28H60BF5O2P2. The van der Waals surface area contributed by atoms with Gasteiger partial charge in [-0.25, -0.2) is 0 Å². The number of hydrogen-bond donors (Lipinski definition) is 0. The van der Waals surface area contributed by atoms with Crippen LogP contribution >= 0.6 is 13.7 Å². The predicted octanol–water partition coefficient (Wildman–Crippen LogP) is 11.2. The van der Waals surface area contributed by atoms with E-state index in [-0.39, 0.29) is 0 Å². The minimum absolute atomic E-state index is 0.564. The first-order valence-corrected chi connectivity index (χ1v) is 21.7. The molecule has 0 N–H and O–H groups in total. The van der Waals surface area contributed by atoms with Gasteiger partial charge in [-0.15, -0.1) is 0 Å². The zero-order valence-corrected chi connectivity index (χ0v) is 27.7. The monoisotopic (exact) mass is 596 g/mol. The van der Waals surface area contributed by atoms with Gasteiger partial charge in [-0.1, -0.05) is 0 Å². The molecule has 0 aliphatic rings. The zero-order chi connectivity index (χ0) is 29.6. The Morgan fingerprint density at radius 3 is 0.842 bits per heavy atom. The number of hydrogen-bond acceptors (Lipinski definition) is 2. The van der Waals surface area contributed by atoms with Crippen molar-refractivity contribution in [1.82, 2.24) is 0 Å². The Morgan fingerprint density at radius 1 is 0.474 bits per heavy atom. The van der Waals surface area contributed by atoms with Crippen LogP contribution in [0.15, 0.2) is 0 Å². The van der Waals surface area contributed by atoms with Gasteiger partial charge in [0.25, 0.3) is 0 Å². The average molecular weight is 597 g/mol. The normalized spacial score (nSPS) is 15.6. The van der Waals surface area contributed by atoms with Gasteiger partial charge in [-0.2, -0.15) is 0 Å². The van der Waals surface area contributed by atoms with E-state index in [1.54, 1.807) is 0 Å². The Kier molecular flexibility index (Phi) is 16.4. The van der Waals surface area contributed by atoms with Crippen LogP contribution in [0.5, 0.6) is 0 Å². The molecule has 38 heavy (non-hydrogen) atoms. The van der Waals surface area contributed by atoms with Crippen molar-refractivity contribution in [2.75, 3.05) is 50.3 Å². The molecule has 0 fully saturated rings. The molecule has 0 aromatic carbocycles. The van der Waals surface area contributed by atoms with E-state index >= 15 is 8.78 Å². The average Bonchev–Trinajstić information content (AvgIpc) is 2.86. The summed E-state index contributed by atoms with van der Waals surface area (Å²) < 4.78 is 86.4. The molecule has 0 saturated heterocycles. The summed E-state index contributed by atoms with van der Waals surface area (Å²) in [6.07, 6.45) is 7.19. The molecule has 0 spiro atoms. The Labute approximate surface area is 232 Å². The van der Waals surface area contributed by atoms with Crippen LogP contribution in [0.25, 0.3) is 0 Å². The van der Waals surface area contributed by atoms with E-state index in [2.05, 4.69) is 0 Å². The topological polar surface area (TPSA) is 18.5 Å². The van der Waals surface area contributed by atoms with Crippen molar-refractivity contribution >= 4 is 20.8 Å². The van der Waals surface area contributed by atoms with Crippen LogP contribution in [-0.4, -0.2) is 69.4 Å². The predicted molar refractivity (Wildman–Crippen MR) is 163 cm³/mol. The van der Waals surface area contributed by atoms with Crippen LogP contribution in [0.4, 0.5) is 22.0 Å². The third kappa shape index (κ3) is 11.4. The second-order valence-electron chi connectivity index (χ2n) is 12.5. The molecule has 0 heterocycles. The molecule has 10 heteroatoms. The minimum atomic E-state index is -5.75. The van der Waals surface area contributed by atoms with Gasteiger partial charge < -0.3 is 0 Å². The maximum atomic E-state index is 15.6. The number of alkyl halides is 5. The van der Waals surface area contributed by atoms with Gasteiger partial charge >= 0.3 is 233 Å². The fraction of sp³-hybridized carbons (Fsp3) is 1.00. The molecule has 0 bridgehead atoms. The summed E-state index contributed by atoms with van der Waals surface area (Å²) >= 11 is 0. The first-order chi connectivity index (χ1) is 17.5. The van der Waals surface area contributed by atoms with Crippen LogP contribution in [0.1, 0.15) is 119 Å². The maximum absolute atomic E-state index is 15.6. The van der Waals surface area contributed by atoms with E-state index in [4.69, 9.17) is 8.88 Å². The van der Waals surface area contributed by atoms with E-state index in [0.717, 1.165) is 77.0 Å². The second kappa shape index (κ2) is 16.2. The van der Waals surface area contributed by atoms with Gasteiger partial charge in [0.05, 0.1) is 0 Å². The fourth-order valence-corrected chi connectivity index (χ4v) is 16.3. The molecule has 0 aliphatic carbocycles. The Bertz CT molecular complexity index is 573. The second-order valence-corrected chi connectivity index (χ2v) is 24.4.